The summed E-state index contributed by atoms with van der Waals surface area (Å²) < 4.78 is 5.56. The highest BCUT2D eigenvalue weighted by Crippen LogP contribution is 2.44. The molecule has 2 aliphatic rings. The highest BCUT2D eigenvalue weighted by Gasteiger charge is 2.39. The van der Waals surface area contributed by atoms with Crippen molar-refractivity contribution in [2.75, 3.05) is 19.7 Å². The number of alkyl carbamates (subject to hydrolysis) is 1. The lowest BCUT2D eigenvalue weighted by atomic mass is 9.98. The molecule has 0 aromatic heterocycles. The van der Waals surface area contributed by atoms with E-state index in [0.717, 1.165) is 22.3 Å². The molecule has 2 aromatic carbocycles. The molecule has 1 saturated heterocycles. The zero-order valence-corrected chi connectivity index (χ0v) is 19.0. The maximum absolute atomic E-state index is 13.0. The topological polar surface area (TPSA) is 95.9 Å². The monoisotopic (exact) mass is 450 g/mol. The van der Waals surface area contributed by atoms with Crippen molar-refractivity contribution in [1.29, 1.82) is 0 Å². The van der Waals surface area contributed by atoms with E-state index in [2.05, 4.69) is 29.6 Å². The molecule has 3 atom stereocenters. The van der Waals surface area contributed by atoms with Crippen LogP contribution in [-0.2, 0) is 14.3 Å². The number of carbonyl (C=O) groups excluding carboxylic acids is 2. The van der Waals surface area contributed by atoms with E-state index >= 15 is 0 Å². The number of nitrogens with zero attached hydrogens (tertiary/aromatic N) is 1. The minimum atomic E-state index is -0.873. The highest BCUT2D eigenvalue weighted by molar-refractivity contribution is 5.82. The van der Waals surface area contributed by atoms with Gasteiger partial charge in [-0.15, -0.1) is 0 Å². The third kappa shape index (κ3) is 4.45. The number of carbonyl (C=O) groups is 3. The number of amides is 2. The maximum atomic E-state index is 13.0. The molecular formula is C26H30N2O5. The van der Waals surface area contributed by atoms with Crippen molar-refractivity contribution in [3.63, 3.8) is 0 Å². The maximum Gasteiger partial charge on any atom is 0.407 e. The van der Waals surface area contributed by atoms with Crippen molar-refractivity contribution in [3.8, 4) is 11.1 Å². The van der Waals surface area contributed by atoms with Gasteiger partial charge in [0.25, 0.3) is 0 Å². The van der Waals surface area contributed by atoms with E-state index in [4.69, 9.17) is 4.74 Å². The number of nitrogens with one attached hydrogen (secondary N) is 1. The molecule has 3 unspecified atom stereocenters. The molecular weight excluding hydrogens is 420 g/mol. The number of fused-ring (bicyclic) bond motifs is 3. The standard InChI is InChI=1S/C26H30N2O5/c1-3-17(24(29)28-13-12-18(16(28)2)25(30)31)14-27-26(32)33-15-23-21-10-6-4-8-19(21)20-9-5-7-11-22(20)23/h4-11,16-18,23H,3,12-15H2,1-2H3,(H,27,32)(H,30,31). The van der Waals surface area contributed by atoms with Crippen LogP contribution in [0, 0.1) is 11.8 Å². The van der Waals surface area contributed by atoms with Crippen LogP contribution >= 0.6 is 0 Å². The lowest BCUT2D eigenvalue weighted by Gasteiger charge is -2.27. The van der Waals surface area contributed by atoms with Crippen LogP contribution in [0.3, 0.4) is 0 Å². The summed E-state index contributed by atoms with van der Waals surface area (Å²) in [7, 11) is 0. The van der Waals surface area contributed by atoms with Gasteiger partial charge in [0.1, 0.15) is 6.61 Å². The zero-order chi connectivity index (χ0) is 23.5. The first-order valence-corrected chi connectivity index (χ1v) is 11.5. The summed E-state index contributed by atoms with van der Waals surface area (Å²) >= 11 is 0. The number of benzene rings is 2. The van der Waals surface area contributed by atoms with E-state index < -0.39 is 23.9 Å². The third-order valence-electron chi connectivity index (χ3n) is 7.03. The molecule has 2 amide bonds. The number of ether oxygens (including phenoxy) is 1. The molecule has 1 fully saturated rings. The summed E-state index contributed by atoms with van der Waals surface area (Å²) in [6, 6.07) is 15.9. The second kappa shape index (κ2) is 9.65. The van der Waals surface area contributed by atoms with Gasteiger partial charge in [-0.1, -0.05) is 55.5 Å². The van der Waals surface area contributed by atoms with Crippen LogP contribution in [0.2, 0.25) is 0 Å². The largest absolute Gasteiger partial charge is 0.481 e. The fourth-order valence-corrected chi connectivity index (χ4v) is 5.08. The molecule has 1 heterocycles. The van der Waals surface area contributed by atoms with Crippen LogP contribution in [0.25, 0.3) is 11.1 Å². The Bertz CT molecular complexity index is 1010. The second-order valence-corrected chi connectivity index (χ2v) is 8.82. The van der Waals surface area contributed by atoms with Crippen molar-refractivity contribution in [3.05, 3.63) is 59.7 Å². The number of likely N-dealkylation sites (tertiary alicyclic amines) is 1. The highest BCUT2D eigenvalue weighted by atomic mass is 16.5. The Morgan fingerprint density at radius 3 is 2.24 bits per heavy atom. The van der Waals surface area contributed by atoms with Crippen LogP contribution < -0.4 is 5.32 Å². The van der Waals surface area contributed by atoms with Gasteiger partial charge in [0.15, 0.2) is 0 Å². The number of rotatable bonds is 7. The van der Waals surface area contributed by atoms with E-state index in [0.29, 0.717) is 19.4 Å². The summed E-state index contributed by atoms with van der Waals surface area (Å²) in [5, 5.41) is 12.0. The first kappa shape index (κ1) is 22.8. The lowest BCUT2D eigenvalue weighted by molar-refractivity contribution is -0.143. The SMILES string of the molecule is CCC(CNC(=O)OCC1c2ccccc2-c2ccccc21)C(=O)N1CCC(C(=O)O)C1C. The van der Waals surface area contributed by atoms with Gasteiger partial charge in [0, 0.05) is 25.0 Å². The quantitative estimate of drug-likeness (QED) is 0.668. The van der Waals surface area contributed by atoms with E-state index in [1.807, 2.05) is 31.2 Å². The third-order valence-corrected chi connectivity index (χ3v) is 7.03. The first-order chi connectivity index (χ1) is 15.9. The Morgan fingerprint density at radius 1 is 1.09 bits per heavy atom. The number of hydrogen-bond acceptors (Lipinski definition) is 4. The first-order valence-electron chi connectivity index (χ1n) is 11.5. The van der Waals surface area contributed by atoms with Crippen molar-refractivity contribution in [2.24, 2.45) is 11.8 Å². The molecule has 4 rings (SSSR count). The molecule has 174 valence electrons. The molecule has 0 spiro atoms. The number of aliphatic carboxylic acids is 1. The summed E-state index contributed by atoms with van der Waals surface area (Å²) in [6.07, 6.45) is 0.447. The Morgan fingerprint density at radius 2 is 1.70 bits per heavy atom. The lowest BCUT2D eigenvalue weighted by Crippen LogP contribution is -2.44. The fraction of sp³-hybridized carbons (Fsp3) is 0.423. The van der Waals surface area contributed by atoms with E-state index in [-0.39, 0.29) is 31.0 Å². The normalized spacial score (nSPS) is 20.1. The van der Waals surface area contributed by atoms with Crippen molar-refractivity contribution in [1.82, 2.24) is 10.2 Å². The molecule has 0 bridgehead atoms. The number of carboxylic acid groups (broad SMARTS) is 1. The molecule has 7 nitrogen and oxygen atoms in total. The van der Waals surface area contributed by atoms with Gasteiger partial charge in [-0.3, -0.25) is 9.59 Å². The van der Waals surface area contributed by atoms with Gasteiger partial charge in [0.05, 0.1) is 11.8 Å². The average Bonchev–Trinajstić information content (AvgIpc) is 3.36. The average molecular weight is 451 g/mol. The fourth-order valence-electron chi connectivity index (χ4n) is 5.08. The van der Waals surface area contributed by atoms with Crippen LogP contribution in [0.5, 0.6) is 0 Å². The van der Waals surface area contributed by atoms with E-state index in [9.17, 15) is 19.5 Å². The van der Waals surface area contributed by atoms with Crippen molar-refractivity contribution in [2.45, 2.75) is 38.6 Å². The molecule has 2 N–H and O–H groups in total. The smallest absolute Gasteiger partial charge is 0.407 e. The van der Waals surface area contributed by atoms with E-state index in [1.165, 1.54) is 0 Å². The van der Waals surface area contributed by atoms with Crippen LogP contribution in [-0.4, -0.2) is 53.7 Å². The zero-order valence-electron chi connectivity index (χ0n) is 19.0. The van der Waals surface area contributed by atoms with Crippen LogP contribution in [0.4, 0.5) is 4.79 Å². The molecule has 0 saturated carbocycles. The van der Waals surface area contributed by atoms with Gasteiger partial charge >= 0.3 is 12.1 Å². The Hall–Kier alpha value is -3.35. The van der Waals surface area contributed by atoms with Crippen molar-refractivity contribution >= 4 is 18.0 Å². The van der Waals surface area contributed by atoms with Crippen LogP contribution in [0.1, 0.15) is 43.7 Å². The summed E-state index contributed by atoms with van der Waals surface area (Å²) in [6.45, 7) is 4.46. The molecule has 2 aromatic rings. The van der Waals surface area contributed by atoms with E-state index in [1.54, 1.807) is 11.8 Å². The minimum Gasteiger partial charge on any atom is -0.481 e. The minimum absolute atomic E-state index is 0.0230. The van der Waals surface area contributed by atoms with Gasteiger partial charge in [-0.2, -0.15) is 0 Å². The van der Waals surface area contributed by atoms with Crippen molar-refractivity contribution < 1.29 is 24.2 Å². The second-order valence-electron chi connectivity index (χ2n) is 8.82. The Labute approximate surface area is 193 Å². The number of hydrogen-bond donors (Lipinski definition) is 2. The van der Waals surface area contributed by atoms with Gasteiger partial charge in [0.2, 0.25) is 5.91 Å². The summed E-state index contributed by atoms with van der Waals surface area (Å²) in [5.41, 5.74) is 4.62. The van der Waals surface area contributed by atoms with Gasteiger partial charge in [-0.05, 0) is 42.0 Å². The molecule has 1 aliphatic carbocycles. The Kier molecular flexibility index (Phi) is 6.67. The number of carboxylic acids is 1. The predicted molar refractivity (Wildman–Crippen MR) is 124 cm³/mol. The molecule has 7 heteroatoms. The molecule has 1 aliphatic heterocycles. The van der Waals surface area contributed by atoms with Gasteiger partial charge in [-0.25, -0.2) is 4.79 Å². The van der Waals surface area contributed by atoms with Crippen LogP contribution in [0.15, 0.2) is 48.5 Å². The predicted octanol–water partition coefficient (Wildman–Crippen LogP) is 3.87. The van der Waals surface area contributed by atoms with Gasteiger partial charge < -0.3 is 20.1 Å². The molecule has 0 radical (unpaired) electrons. The summed E-state index contributed by atoms with van der Waals surface area (Å²) in [4.78, 5) is 38.4. The molecule has 33 heavy (non-hydrogen) atoms. The Balaban J connectivity index is 1.33. The summed E-state index contributed by atoms with van der Waals surface area (Å²) in [5.74, 6) is -1.97.